The molecule has 1 atom stereocenters. The number of hydrogen-bond donors (Lipinski definition) is 1. The van der Waals surface area contributed by atoms with Crippen LogP contribution < -0.4 is 10.2 Å². The Balaban J connectivity index is 2.00. The van der Waals surface area contributed by atoms with Gasteiger partial charge < -0.3 is 10.2 Å². The number of fused-ring (bicyclic) bond motifs is 1. The Bertz CT molecular complexity index is 466. The molecule has 0 fully saturated rings. The maximum atomic E-state index is 4.35. The third-order valence-corrected chi connectivity index (χ3v) is 3.30. The van der Waals surface area contributed by atoms with Gasteiger partial charge in [-0.2, -0.15) is 0 Å². The first-order valence-electron chi connectivity index (χ1n) is 4.83. The van der Waals surface area contributed by atoms with Gasteiger partial charge in [-0.1, -0.05) is 12.1 Å². The zero-order valence-electron chi connectivity index (χ0n) is 8.34. The summed E-state index contributed by atoms with van der Waals surface area (Å²) in [6.45, 7) is 0. The summed E-state index contributed by atoms with van der Waals surface area (Å²) in [4.78, 5) is 6.56. The molecule has 0 radical (unpaired) electrons. The fraction of sp³-hybridized carbons (Fsp3) is 0.182. The predicted molar refractivity (Wildman–Crippen MR) is 63.3 cm³/mol. The summed E-state index contributed by atoms with van der Waals surface area (Å²) >= 11 is 1.63. The molecule has 0 bridgehead atoms. The van der Waals surface area contributed by atoms with E-state index in [1.54, 1.807) is 11.3 Å². The third kappa shape index (κ3) is 1.29. The Hall–Kier alpha value is -1.55. The number of aromatic nitrogens is 1. The molecule has 0 saturated heterocycles. The molecule has 1 aliphatic rings. The van der Waals surface area contributed by atoms with E-state index in [2.05, 4.69) is 45.8 Å². The molecule has 76 valence electrons. The number of hydrogen-bond acceptors (Lipinski definition) is 4. The Kier molecular flexibility index (Phi) is 1.89. The summed E-state index contributed by atoms with van der Waals surface area (Å²) < 4.78 is 0. The quantitative estimate of drug-likeness (QED) is 0.796. The minimum absolute atomic E-state index is 0.175. The van der Waals surface area contributed by atoms with Gasteiger partial charge in [0.25, 0.3) is 0 Å². The van der Waals surface area contributed by atoms with Crippen LogP contribution in [0.1, 0.15) is 11.9 Å². The molecule has 1 aromatic heterocycles. The highest BCUT2D eigenvalue weighted by Gasteiger charge is 2.27. The molecule has 1 unspecified atom stereocenters. The van der Waals surface area contributed by atoms with Crippen LogP contribution >= 0.6 is 11.3 Å². The van der Waals surface area contributed by atoms with Gasteiger partial charge in [-0.05, 0) is 12.1 Å². The van der Waals surface area contributed by atoms with Gasteiger partial charge in [0.2, 0.25) is 0 Å². The fourth-order valence-electron chi connectivity index (χ4n) is 1.92. The highest BCUT2D eigenvalue weighted by molar-refractivity contribution is 7.07. The molecule has 1 aliphatic heterocycles. The van der Waals surface area contributed by atoms with Gasteiger partial charge in [-0.3, -0.25) is 0 Å². The maximum Gasteiger partial charge on any atom is 0.144 e. The Morgan fingerprint density at radius 3 is 3.00 bits per heavy atom. The van der Waals surface area contributed by atoms with E-state index < -0.39 is 0 Å². The van der Waals surface area contributed by atoms with E-state index in [1.165, 1.54) is 11.4 Å². The van der Waals surface area contributed by atoms with Gasteiger partial charge >= 0.3 is 0 Å². The van der Waals surface area contributed by atoms with E-state index in [1.807, 2.05) is 11.6 Å². The van der Waals surface area contributed by atoms with Crippen LogP contribution in [0.15, 0.2) is 35.2 Å². The second-order valence-electron chi connectivity index (χ2n) is 3.59. The molecule has 0 aliphatic carbocycles. The zero-order chi connectivity index (χ0) is 10.3. The summed E-state index contributed by atoms with van der Waals surface area (Å²) in [5.74, 6) is 0. The van der Waals surface area contributed by atoms with E-state index in [0.29, 0.717) is 0 Å². The Labute approximate surface area is 92.4 Å². The average molecular weight is 217 g/mol. The van der Waals surface area contributed by atoms with Crippen LogP contribution in [0.2, 0.25) is 0 Å². The Morgan fingerprint density at radius 2 is 2.27 bits per heavy atom. The number of rotatable bonds is 1. The molecule has 4 heteroatoms. The van der Waals surface area contributed by atoms with Crippen molar-refractivity contribution in [1.82, 2.24) is 4.98 Å². The summed E-state index contributed by atoms with van der Waals surface area (Å²) in [5.41, 5.74) is 5.36. The summed E-state index contributed by atoms with van der Waals surface area (Å²) in [5, 5.41) is 5.54. The highest BCUT2D eigenvalue weighted by atomic mass is 32.1. The number of benzene rings is 1. The van der Waals surface area contributed by atoms with E-state index in [-0.39, 0.29) is 6.17 Å². The van der Waals surface area contributed by atoms with Gasteiger partial charge in [0, 0.05) is 12.4 Å². The molecule has 0 saturated carbocycles. The van der Waals surface area contributed by atoms with Gasteiger partial charge in [-0.15, -0.1) is 11.3 Å². The molecule has 2 aromatic rings. The van der Waals surface area contributed by atoms with E-state index in [9.17, 15) is 0 Å². The average Bonchev–Trinajstić information content (AvgIpc) is 2.87. The second kappa shape index (κ2) is 3.24. The van der Waals surface area contributed by atoms with Gasteiger partial charge in [0.1, 0.15) is 6.17 Å². The van der Waals surface area contributed by atoms with Crippen molar-refractivity contribution in [2.75, 3.05) is 17.3 Å². The normalized spacial score (nSPS) is 18.7. The van der Waals surface area contributed by atoms with Crippen molar-refractivity contribution >= 4 is 22.7 Å². The van der Waals surface area contributed by atoms with Crippen LogP contribution in [0.3, 0.4) is 0 Å². The van der Waals surface area contributed by atoms with Gasteiger partial charge in [0.15, 0.2) is 0 Å². The summed E-state index contributed by atoms with van der Waals surface area (Å²) in [7, 11) is 2.09. The summed E-state index contributed by atoms with van der Waals surface area (Å²) in [6.07, 6.45) is 0.175. The van der Waals surface area contributed by atoms with Crippen LogP contribution in [-0.4, -0.2) is 12.0 Å². The number of nitrogens with zero attached hydrogens (tertiary/aromatic N) is 2. The van der Waals surface area contributed by atoms with Crippen molar-refractivity contribution in [3.05, 3.63) is 40.8 Å². The first-order chi connectivity index (χ1) is 7.36. The molecular formula is C11H11N3S. The first kappa shape index (κ1) is 8.73. The van der Waals surface area contributed by atoms with Crippen LogP contribution in [0.5, 0.6) is 0 Å². The SMILES string of the molecule is CN1c2ccccc2NC1c1cscn1. The largest absolute Gasteiger partial charge is 0.358 e. The van der Waals surface area contributed by atoms with Crippen molar-refractivity contribution in [2.24, 2.45) is 0 Å². The molecule has 0 spiro atoms. The van der Waals surface area contributed by atoms with Crippen LogP contribution in [-0.2, 0) is 0 Å². The molecule has 1 aromatic carbocycles. The predicted octanol–water partition coefficient (Wildman–Crippen LogP) is 2.70. The minimum atomic E-state index is 0.175. The van der Waals surface area contributed by atoms with Crippen LogP contribution in [0.4, 0.5) is 11.4 Å². The van der Waals surface area contributed by atoms with Crippen LogP contribution in [0, 0.1) is 0 Å². The molecule has 3 rings (SSSR count). The molecule has 1 N–H and O–H groups in total. The highest BCUT2D eigenvalue weighted by Crippen LogP contribution is 2.39. The van der Waals surface area contributed by atoms with E-state index >= 15 is 0 Å². The molecular weight excluding hydrogens is 206 g/mol. The van der Waals surface area contributed by atoms with E-state index in [4.69, 9.17) is 0 Å². The number of nitrogens with one attached hydrogen (secondary N) is 1. The smallest absolute Gasteiger partial charge is 0.144 e. The number of para-hydroxylation sites is 2. The lowest BCUT2D eigenvalue weighted by Crippen LogP contribution is -2.23. The topological polar surface area (TPSA) is 28.2 Å². The summed E-state index contributed by atoms with van der Waals surface area (Å²) in [6, 6.07) is 8.32. The number of thiazole rings is 1. The van der Waals surface area contributed by atoms with Gasteiger partial charge in [-0.25, -0.2) is 4.98 Å². The molecule has 15 heavy (non-hydrogen) atoms. The molecule has 3 nitrogen and oxygen atoms in total. The van der Waals surface area contributed by atoms with Crippen molar-refractivity contribution in [3.63, 3.8) is 0 Å². The third-order valence-electron chi connectivity index (χ3n) is 2.70. The maximum absolute atomic E-state index is 4.35. The van der Waals surface area contributed by atoms with Crippen LogP contribution in [0.25, 0.3) is 0 Å². The van der Waals surface area contributed by atoms with E-state index in [0.717, 1.165) is 5.69 Å². The van der Waals surface area contributed by atoms with Crippen molar-refractivity contribution in [2.45, 2.75) is 6.17 Å². The van der Waals surface area contributed by atoms with Crippen molar-refractivity contribution < 1.29 is 0 Å². The monoisotopic (exact) mass is 217 g/mol. The second-order valence-corrected chi connectivity index (χ2v) is 4.31. The lowest BCUT2D eigenvalue weighted by molar-refractivity contribution is 0.769. The lowest BCUT2D eigenvalue weighted by Gasteiger charge is -2.19. The zero-order valence-corrected chi connectivity index (χ0v) is 9.16. The standard InChI is InChI=1S/C11H11N3S/c1-14-10-5-3-2-4-8(10)13-11(14)9-6-15-7-12-9/h2-7,11,13H,1H3. The minimum Gasteiger partial charge on any atom is -0.358 e. The molecule has 0 amide bonds. The first-order valence-corrected chi connectivity index (χ1v) is 5.77. The lowest BCUT2D eigenvalue weighted by atomic mass is 10.3. The number of anilines is 2. The fourth-order valence-corrected chi connectivity index (χ4v) is 2.49. The van der Waals surface area contributed by atoms with Crippen molar-refractivity contribution in [1.29, 1.82) is 0 Å². The van der Waals surface area contributed by atoms with Crippen molar-refractivity contribution in [3.8, 4) is 0 Å². The van der Waals surface area contributed by atoms with Gasteiger partial charge in [0.05, 0.1) is 22.6 Å². The molecule has 2 heterocycles. The Morgan fingerprint density at radius 1 is 1.40 bits per heavy atom.